The molecule has 0 bridgehead atoms. The summed E-state index contributed by atoms with van der Waals surface area (Å²) in [5.41, 5.74) is 0. The fourth-order valence-corrected chi connectivity index (χ4v) is 3.70. The van der Waals surface area contributed by atoms with E-state index in [1.807, 2.05) is 24.3 Å². The molecule has 3 heteroatoms. The Balaban J connectivity index is 1.71. The highest BCUT2D eigenvalue weighted by Crippen LogP contribution is 2.28. The lowest BCUT2D eigenvalue weighted by molar-refractivity contribution is 0.253. The van der Waals surface area contributed by atoms with Crippen LogP contribution >= 0.6 is 11.8 Å². The van der Waals surface area contributed by atoms with Crippen molar-refractivity contribution in [3.05, 3.63) is 42.5 Å². The second kappa shape index (κ2) is 6.31. The molecule has 3 rings (SSSR count). The maximum absolute atomic E-state index is 12.2. The summed E-state index contributed by atoms with van der Waals surface area (Å²) >= 11 is 1.32. The smallest absolute Gasteiger partial charge is 0.284 e. The molecule has 20 heavy (non-hydrogen) atoms. The highest BCUT2D eigenvalue weighted by atomic mass is 32.2. The minimum atomic E-state index is 0.0771. The highest BCUT2D eigenvalue weighted by molar-refractivity contribution is 8.13. The van der Waals surface area contributed by atoms with Gasteiger partial charge in [-0.25, -0.2) is 0 Å². The van der Waals surface area contributed by atoms with Gasteiger partial charge in [0.05, 0.1) is 0 Å². The van der Waals surface area contributed by atoms with Gasteiger partial charge < -0.3 is 5.32 Å². The SMILES string of the molecule is O=C(NC1CCCCC1)Sc1cccc2ccccc12. The monoisotopic (exact) mass is 285 g/mol. The third-order valence-electron chi connectivity index (χ3n) is 3.88. The van der Waals surface area contributed by atoms with E-state index in [2.05, 4.69) is 23.5 Å². The topological polar surface area (TPSA) is 29.1 Å². The van der Waals surface area contributed by atoms with Gasteiger partial charge in [-0.3, -0.25) is 4.79 Å². The molecule has 0 unspecified atom stereocenters. The zero-order chi connectivity index (χ0) is 13.8. The lowest BCUT2D eigenvalue weighted by Gasteiger charge is -2.22. The van der Waals surface area contributed by atoms with E-state index in [-0.39, 0.29) is 5.24 Å². The Labute approximate surface area is 123 Å². The van der Waals surface area contributed by atoms with Crippen molar-refractivity contribution in [2.24, 2.45) is 0 Å². The van der Waals surface area contributed by atoms with Gasteiger partial charge in [0.25, 0.3) is 5.24 Å². The van der Waals surface area contributed by atoms with Crippen LogP contribution in [0.1, 0.15) is 32.1 Å². The van der Waals surface area contributed by atoms with Crippen LogP contribution in [0.25, 0.3) is 10.8 Å². The summed E-state index contributed by atoms with van der Waals surface area (Å²) in [7, 11) is 0. The lowest BCUT2D eigenvalue weighted by atomic mass is 9.96. The van der Waals surface area contributed by atoms with Crippen LogP contribution in [-0.4, -0.2) is 11.3 Å². The fraction of sp³-hybridized carbons (Fsp3) is 0.353. The molecule has 0 aromatic heterocycles. The van der Waals surface area contributed by atoms with E-state index in [1.54, 1.807) is 0 Å². The van der Waals surface area contributed by atoms with Gasteiger partial charge in [-0.1, -0.05) is 55.7 Å². The molecule has 0 aliphatic heterocycles. The summed E-state index contributed by atoms with van der Waals surface area (Å²) in [6.45, 7) is 0. The van der Waals surface area contributed by atoms with Crippen molar-refractivity contribution in [3.63, 3.8) is 0 Å². The lowest BCUT2D eigenvalue weighted by Crippen LogP contribution is -2.33. The molecule has 0 atom stereocenters. The van der Waals surface area contributed by atoms with Gasteiger partial charge in [-0.05, 0) is 41.4 Å². The number of carbonyl (C=O) groups excluding carboxylic acids is 1. The van der Waals surface area contributed by atoms with E-state index >= 15 is 0 Å². The summed E-state index contributed by atoms with van der Waals surface area (Å²) in [5.74, 6) is 0. The molecule has 2 aromatic carbocycles. The Kier molecular flexibility index (Phi) is 4.26. The Morgan fingerprint density at radius 3 is 2.60 bits per heavy atom. The molecule has 2 nitrogen and oxygen atoms in total. The van der Waals surface area contributed by atoms with Gasteiger partial charge >= 0.3 is 0 Å². The van der Waals surface area contributed by atoms with Gasteiger partial charge in [0.2, 0.25) is 0 Å². The number of hydrogen-bond acceptors (Lipinski definition) is 2. The van der Waals surface area contributed by atoms with E-state index in [0.717, 1.165) is 23.1 Å². The first-order chi connectivity index (χ1) is 9.83. The third-order valence-corrected chi connectivity index (χ3v) is 4.76. The molecule has 0 saturated heterocycles. The zero-order valence-corrected chi connectivity index (χ0v) is 12.3. The maximum atomic E-state index is 12.2. The predicted molar refractivity (Wildman–Crippen MR) is 85.2 cm³/mol. The summed E-state index contributed by atoms with van der Waals surface area (Å²) in [6, 6.07) is 14.7. The van der Waals surface area contributed by atoms with Crippen LogP contribution in [0.5, 0.6) is 0 Å². The average Bonchev–Trinajstić information content (AvgIpc) is 2.48. The summed E-state index contributed by atoms with van der Waals surface area (Å²) in [6.07, 6.45) is 6.04. The van der Waals surface area contributed by atoms with Crippen LogP contribution in [0.15, 0.2) is 47.4 Å². The number of nitrogens with one attached hydrogen (secondary N) is 1. The number of carbonyl (C=O) groups is 1. The van der Waals surface area contributed by atoms with Gasteiger partial charge in [-0.15, -0.1) is 0 Å². The number of amides is 1. The molecule has 1 saturated carbocycles. The van der Waals surface area contributed by atoms with Crippen molar-refractivity contribution in [2.75, 3.05) is 0 Å². The van der Waals surface area contributed by atoms with Crippen LogP contribution in [-0.2, 0) is 0 Å². The molecule has 0 radical (unpaired) electrons. The first-order valence-electron chi connectivity index (χ1n) is 7.29. The van der Waals surface area contributed by atoms with Crippen LogP contribution in [0.2, 0.25) is 0 Å². The standard InChI is InChI=1S/C17H19NOS/c19-17(18-14-9-2-1-3-10-14)20-16-12-6-8-13-7-4-5-11-15(13)16/h4-8,11-12,14H,1-3,9-10H2,(H,18,19). The van der Waals surface area contributed by atoms with E-state index in [0.29, 0.717) is 6.04 Å². The Bertz CT molecular complexity index is 599. The second-order valence-corrected chi connectivity index (χ2v) is 6.36. The van der Waals surface area contributed by atoms with E-state index < -0.39 is 0 Å². The van der Waals surface area contributed by atoms with Crippen LogP contribution in [0.4, 0.5) is 4.79 Å². The van der Waals surface area contributed by atoms with Crippen molar-refractivity contribution in [1.82, 2.24) is 5.32 Å². The van der Waals surface area contributed by atoms with E-state index in [9.17, 15) is 4.79 Å². The van der Waals surface area contributed by atoms with Gasteiger partial charge in [-0.2, -0.15) is 0 Å². The number of rotatable bonds is 2. The molecule has 1 aliphatic rings. The first-order valence-corrected chi connectivity index (χ1v) is 8.11. The molecule has 104 valence electrons. The minimum Gasteiger partial charge on any atom is -0.344 e. The molecule has 1 fully saturated rings. The quantitative estimate of drug-likeness (QED) is 0.789. The number of thioether (sulfide) groups is 1. The number of benzene rings is 2. The molecule has 1 aliphatic carbocycles. The van der Waals surface area contributed by atoms with Crippen molar-refractivity contribution >= 4 is 27.8 Å². The normalized spacial score (nSPS) is 16.2. The predicted octanol–water partition coefficient (Wildman–Crippen LogP) is 4.97. The second-order valence-electron chi connectivity index (χ2n) is 5.35. The Morgan fingerprint density at radius 2 is 1.75 bits per heavy atom. The molecule has 1 N–H and O–H groups in total. The Morgan fingerprint density at radius 1 is 1.00 bits per heavy atom. The maximum Gasteiger partial charge on any atom is 0.284 e. The van der Waals surface area contributed by atoms with E-state index in [1.165, 1.54) is 36.4 Å². The Hall–Kier alpha value is -1.48. The average molecular weight is 285 g/mol. The highest BCUT2D eigenvalue weighted by Gasteiger charge is 2.16. The summed E-state index contributed by atoms with van der Waals surface area (Å²) in [4.78, 5) is 13.2. The van der Waals surface area contributed by atoms with Crippen molar-refractivity contribution in [2.45, 2.75) is 43.0 Å². The largest absolute Gasteiger partial charge is 0.344 e. The van der Waals surface area contributed by atoms with Gasteiger partial charge in [0.15, 0.2) is 0 Å². The number of fused-ring (bicyclic) bond motifs is 1. The third kappa shape index (κ3) is 3.15. The van der Waals surface area contributed by atoms with Crippen LogP contribution < -0.4 is 5.32 Å². The molecule has 0 spiro atoms. The summed E-state index contributed by atoms with van der Waals surface area (Å²) in [5, 5.41) is 5.57. The van der Waals surface area contributed by atoms with Crippen LogP contribution in [0, 0.1) is 0 Å². The van der Waals surface area contributed by atoms with Gasteiger partial charge in [0.1, 0.15) is 0 Å². The zero-order valence-electron chi connectivity index (χ0n) is 11.5. The fourth-order valence-electron chi connectivity index (χ4n) is 2.83. The molecule has 1 amide bonds. The number of hydrogen-bond donors (Lipinski definition) is 1. The molecule has 2 aromatic rings. The van der Waals surface area contributed by atoms with Crippen molar-refractivity contribution in [1.29, 1.82) is 0 Å². The molecular formula is C17H19NOS. The van der Waals surface area contributed by atoms with Gasteiger partial charge in [0, 0.05) is 10.9 Å². The van der Waals surface area contributed by atoms with Crippen LogP contribution in [0.3, 0.4) is 0 Å². The molecular weight excluding hydrogens is 266 g/mol. The summed E-state index contributed by atoms with van der Waals surface area (Å²) < 4.78 is 0. The van der Waals surface area contributed by atoms with Crippen molar-refractivity contribution in [3.8, 4) is 0 Å². The first kappa shape index (κ1) is 13.5. The van der Waals surface area contributed by atoms with Crippen molar-refractivity contribution < 1.29 is 4.79 Å². The minimum absolute atomic E-state index is 0.0771. The molecule has 0 heterocycles. The van der Waals surface area contributed by atoms with E-state index in [4.69, 9.17) is 0 Å².